The van der Waals surface area contributed by atoms with Gasteiger partial charge in [0.1, 0.15) is 5.75 Å². The van der Waals surface area contributed by atoms with Crippen molar-refractivity contribution in [3.63, 3.8) is 0 Å². The highest BCUT2D eigenvalue weighted by Crippen LogP contribution is 2.20. The summed E-state index contributed by atoms with van der Waals surface area (Å²) in [4.78, 5) is 13.9. The van der Waals surface area contributed by atoms with E-state index in [1.807, 2.05) is 0 Å². The van der Waals surface area contributed by atoms with Crippen LogP contribution >= 0.6 is 0 Å². The van der Waals surface area contributed by atoms with E-state index in [0.717, 1.165) is 13.0 Å². The molecule has 0 saturated carbocycles. The Balaban J connectivity index is 2.78. The van der Waals surface area contributed by atoms with Crippen molar-refractivity contribution in [1.82, 2.24) is 4.90 Å². The molecule has 3 nitrogen and oxygen atoms in total. The molecule has 0 saturated heterocycles. The number of carbonyl (C=O) groups is 1. The first-order valence-corrected chi connectivity index (χ1v) is 5.97. The van der Waals surface area contributed by atoms with Gasteiger partial charge in [0.2, 0.25) is 0 Å². The van der Waals surface area contributed by atoms with E-state index < -0.39 is 0 Å². The Hall–Kier alpha value is -1.51. The second-order valence-corrected chi connectivity index (χ2v) is 4.86. The number of benzene rings is 1. The van der Waals surface area contributed by atoms with Crippen molar-refractivity contribution in [1.29, 1.82) is 0 Å². The molecule has 0 aliphatic heterocycles. The summed E-state index contributed by atoms with van der Waals surface area (Å²) in [6.07, 6.45) is 0.986. The van der Waals surface area contributed by atoms with Gasteiger partial charge in [-0.3, -0.25) is 4.79 Å². The van der Waals surface area contributed by atoms with Crippen molar-refractivity contribution in [2.75, 3.05) is 13.6 Å². The third-order valence-electron chi connectivity index (χ3n) is 2.92. The van der Waals surface area contributed by atoms with Gasteiger partial charge in [0.05, 0.1) is 0 Å². The zero-order valence-electron chi connectivity index (χ0n) is 11.0. The van der Waals surface area contributed by atoms with E-state index >= 15 is 0 Å². The quantitative estimate of drug-likeness (QED) is 0.871. The molecule has 0 aromatic heterocycles. The Labute approximate surface area is 103 Å². The molecule has 17 heavy (non-hydrogen) atoms. The Morgan fingerprint density at radius 1 is 1.41 bits per heavy atom. The molecule has 1 rings (SSSR count). The van der Waals surface area contributed by atoms with Crippen LogP contribution in [-0.4, -0.2) is 29.5 Å². The normalized spacial score (nSPS) is 10.6. The summed E-state index contributed by atoms with van der Waals surface area (Å²) < 4.78 is 0. The van der Waals surface area contributed by atoms with Crippen LogP contribution in [-0.2, 0) is 0 Å². The number of aromatic hydroxyl groups is 1. The van der Waals surface area contributed by atoms with Crippen molar-refractivity contribution < 1.29 is 9.90 Å². The first-order valence-electron chi connectivity index (χ1n) is 5.97. The third kappa shape index (κ3) is 3.48. The van der Waals surface area contributed by atoms with Gasteiger partial charge in [-0.15, -0.1) is 0 Å². The van der Waals surface area contributed by atoms with E-state index in [0.29, 0.717) is 17.0 Å². The molecule has 0 aliphatic carbocycles. The van der Waals surface area contributed by atoms with Crippen LogP contribution in [0.4, 0.5) is 0 Å². The van der Waals surface area contributed by atoms with Crippen LogP contribution in [0.3, 0.4) is 0 Å². The molecule has 1 amide bonds. The molecule has 1 N–H and O–H groups in total. The van der Waals surface area contributed by atoms with Crippen molar-refractivity contribution in [2.24, 2.45) is 5.92 Å². The van der Waals surface area contributed by atoms with Crippen LogP contribution in [0.15, 0.2) is 18.2 Å². The fraction of sp³-hybridized carbons (Fsp3) is 0.500. The van der Waals surface area contributed by atoms with Crippen molar-refractivity contribution in [3.8, 4) is 5.75 Å². The summed E-state index contributed by atoms with van der Waals surface area (Å²) in [7, 11) is 1.80. The number of hydrogen-bond donors (Lipinski definition) is 1. The average molecular weight is 235 g/mol. The van der Waals surface area contributed by atoms with Gasteiger partial charge in [0.25, 0.3) is 5.91 Å². The molecular formula is C14H21NO2. The van der Waals surface area contributed by atoms with Gasteiger partial charge in [-0.1, -0.05) is 19.9 Å². The predicted molar refractivity (Wildman–Crippen MR) is 69.3 cm³/mol. The number of hydrogen-bond acceptors (Lipinski definition) is 2. The Kier molecular flexibility index (Phi) is 4.55. The maximum atomic E-state index is 12.1. The number of nitrogens with zero attached hydrogens (tertiary/aromatic N) is 1. The lowest BCUT2D eigenvalue weighted by Crippen LogP contribution is -2.29. The van der Waals surface area contributed by atoms with Crippen molar-refractivity contribution >= 4 is 5.91 Å². The molecule has 94 valence electrons. The molecule has 0 radical (unpaired) electrons. The molecule has 1 aromatic carbocycles. The number of rotatable bonds is 4. The van der Waals surface area contributed by atoms with E-state index in [4.69, 9.17) is 0 Å². The van der Waals surface area contributed by atoms with E-state index in [2.05, 4.69) is 13.8 Å². The molecule has 0 bridgehead atoms. The first kappa shape index (κ1) is 13.6. The van der Waals surface area contributed by atoms with Gasteiger partial charge in [0, 0.05) is 24.7 Å². The maximum Gasteiger partial charge on any atom is 0.253 e. The standard InChI is InChI=1S/C14H21NO2/c1-10(2)8-9-15(4)14(17)12-6-5-7-13(16)11(12)3/h5-7,10,16H,8-9H2,1-4H3. The topological polar surface area (TPSA) is 40.5 Å². The minimum atomic E-state index is -0.0287. The molecule has 0 fully saturated rings. The molecule has 0 aliphatic rings. The van der Waals surface area contributed by atoms with Gasteiger partial charge < -0.3 is 10.0 Å². The summed E-state index contributed by atoms with van der Waals surface area (Å²) in [6.45, 7) is 6.78. The van der Waals surface area contributed by atoms with E-state index in [-0.39, 0.29) is 11.7 Å². The fourth-order valence-corrected chi connectivity index (χ4v) is 1.61. The molecular weight excluding hydrogens is 214 g/mol. The Morgan fingerprint density at radius 3 is 2.65 bits per heavy atom. The number of phenols is 1. The zero-order valence-corrected chi connectivity index (χ0v) is 11.0. The first-order chi connectivity index (χ1) is 7.93. The lowest BCUT2D eigenvalue weighted by atomic mass is 10.1. The van der Waals surface area contributed by atoms with Crippen molar-refractivity contribution in [3.05, 3.63) is 29.3 Å². The predicted octanol–water partition coefficient (Wildman–Crippen LogP) is 2.82. The smallest absolute Gasteiger partial charge is 0.253 e. The van der Waals surface area contributed by atoms with Gasteiger partial charge >= 0.3 is 0 Å². The van der Waals surface area contributed by atoms with Gasteiger partial charge in [0.15, 0.2) is 0 Å². The SMILES string of the molecule is Cc1c(O)cccc1C(=O)N(C)CCC(C)C. The molecule has 3 heteroatoms. The molecule has 0 spiro atoms. The van der Waals surface area contributed by atoms with Crippen LogP contribution in [0, 0.1) is 12.8 Å². The number of carbonyl (C=O) groups excluding carboxylic acids is 1. The van der Waals surface area contributed by atoms with Gasteiger partial charge in [-0.2, -0.15) is 0 Å². The summed E-state index contributed by atoms with van der Waals surface area (Å²) in [6, 6.07) is 5.05. The van der Waals surface area contributed by atoms with E-state index in [9.17, 15) is 9.90 Å². The lowest BCUT2D eigenvalue weighted by molar-refractivity contribution is 0.0788. The Morgan fingerprint density at radius 2 is 2.06 bits per heavy atom. The Bertz CT molecular complexity index is 399. The van der Waals surface area contributed by atoms with E-state index in [1.165, 1.54) is 0 Å². The number of phenolic OH excluding ortho intramolecular Hbond substituents is 1. The second-order valence-electron chi connectivity index (χ2n) is 4.86. The highest BCUT2D eigenvalue weighted by atomic mass is 16.3. The number of amides is 1. The van der Waals surface area contributed by atoms with Crippen LogP contribution in [0.2, 0.25) is 0 Å². The molecule has 0 atom stereocenters. The molecule has 0 unspecified atom stereocenters. The van der Waals surface area contributed by atoms with Gasteiger partial charge in [-0.25, -0.2) is 0 Å². The monoisotopic (exact) mass is 235 g/mol. The van der Waals surface area contributed by atoms with Crippen LogP contribution in [0.25, 0.3) is 0 Å². The minimum absolute atomic E-state index is 0.0287. The summed E-state index contributed by atoms with van der Waals surface area (Å²) in [5.41, 5.74) is 1.23. The molecule has 0 heterocycles. The summed E-state index contributed by atoms with van der Waals surface area (Å²) in [5, 5.41) is 9.58. The van der Waals surface area contributed by atoms with E-state index in [1.54, 1.807) is 37.1 Å². The third-order valence-corrected chi connectivity index (χ3v) is 2.92. The maximum absolute atomic E-state index is 12.1. The largest absolute Gasteiger partial charge is 0.508 e. The highest BCUT2D eigenvalue weighted by Gasteiger charge is 2.15. The van der Waals surface area contributed by atoms with Crippen molar-refractivity contribution in [2.45, 2.75) is 27.2 Å². The molecule has 1 aromatic rings. The lowest BCUT2D eigenvalue weighted by Gasteiger charge is -2.19. The average Bonchev–Trinajstić information content (AvgIpc) is 2.28. The minimum Gasteiger partial charge on any atom is -0.508 e. The summed E-state index contributed by atoms with van der Waals surface area (Å²) in [5.74, 6) is 0.725. The van der Waals surface area contributed by atoms with Crippen LogP contribution in [0.5, 0.6) is 5.75 Å². The summed E-state index contributed by atoms with van der Waals surface area (Å²) >= 11 is 0. The zero-order chi connectivity index (χ0) is 13.0. The van der Waals surface area contributed by atoms with Gasteiger partial charge in [-0.05, 0) is 31.4 Å². The second kappa shape index (κ2) is 5.71. The fourth-order valence-electron chi connectivity index (χ4n) is 1.61. The highest BCUT2D eigenvalue weighted by molar-refractivity contribution is 5.96. The van der Waals surface area contributed by atoms with Crippen LogP contribution in [0.1, 0.15) is 36.2 Å². The van der Waals surface area contributed by atoms with Crippen LogP contribution < -0.4 is 0 Å².